The highest BCUT2D eigenvalue weighted by molar-refractivity contribution is 6.09. The van der Waals surface area contributed by atoms with Crippen LogP contribution < -0.4 is 15.5 Å². The molecule has 64 heavy (non-hydrogen) atoms. The van der Waals surface area contributed by atoms with Gasteiger partial charge in [0, 0.05) is 55.1 Å². The zero-order valence-electron chi connectivity index (χ0n) is 35.7. The average Bonchev–Trinajstić information content (AvgIpc) is 3.98. The van der Waals surface area contributed by atoms with E-state index in [0.29, 0.717) is 0 Å². The van der Waals surface area contributed by atoms with Crippen LogP contribution in [0.4, 0.5) is 17.1 Å². The molecule has 0 aliphatic heterocycles. The summed E-state index contributed by atoms with van der Waals surface area (Å²) in [5.74, 6) is 0. The third-order valence-corrected chi connectivity index (χ3v) is 12.9. The van der Waals surface area contributed by atoms with Crippen molar-refractivity contribution in [2.75, 3.05) is 4.90 Å². The highest BCUT2D eigenvalue weighted by atomic mass is 16.3. The molecule has 9 aromatic carbocycles. The molecule has 1 aliphatic carbocycles. The van der Waals surface area contributed by atoms with Crippen LogP contribution in [-0.4, -0.2) is 4.57 Å². The zero-order chi connectivity index (χ0) is 42.8. The average molecular weight is 821 g/mol. The Balaban J connectivity index is 0.886. The minimum atomic E-state index is -0.00804. The second kappa shape index (κ2) is 15.0. The molecule has 11 aromatic rings. The molecule has 1 aliphatic rings. The van der Waals surface area contributed by atoms with Gasteiger partial charge in [-0.2, -0.15) is 0 Å². The van der Waals surface area contributed by atoms with Gasteiger partial charge in [-0.25, -0.2) is 0 Å². The lowest BCUT2D eigenvalue weighted by atomic mass is 9.95. The quantitative estimate of drug-likeness (QED) is 0.152. The number of fused-ring (bicyclic) bond motifs is 6. The molecule has 12 rings (SSSR count). The Labute approximate surface area is 372 Å². The van der Waals surface area contributed by atoms with Crippen molar-refractivity contribution in [1.29, 1.82) is 0 Å². The summed E-state index contributed by atoms with van der Waals surface area (Å²) in [6.45, 7) is 4.44. The first kappa shape index (κ1) is 37.6. The largest absolute Gasteiger partial charge is 0.456 e. The molecular weight excluding hydrogens is 777 g/mol. The maximum atomic E-state index is 6.53. The maximum absolute atomic E-state index is 6.53. The Morgan fingerprint density at radius 3 is 1.33 bits per heavy atom. The molecule has 3 nitrogen and oxygen atoms in total. The summed E-state index contributed by atoms with van der Waals surface area (Å²) in [7, 11) is 0. The van der Waals surface area contributed by atoms with Crippen LogP contribution in [0, 0.1) is 5.41 Å². The van der Waals surface area contributed by atoms with E-state index in [4.69, 9.17) is 4.42 Å². The van der Waals surface area contributed by atoms with Gasteiger partial charge in [0.05, 0.1) is 11.0 Å². The normalized spacial score (nSPS) is 12.9. The van der Waals surface area contributed by atoms with E-state index in [-0.39, 0.29) is 5.41 Å². The summed E-state index contributed by atoms with van der Waals surface area (Å²) >= 11 is 0. The van der Waals surface area contributed by atoms with Crippen LogP contribution in [0.1, 0.15) is 13.8 Å². The zero-order valence-corrected chi connectivity index (χ0v) is 35.7. The van der Waals surface area contributed by atoms with Gasteiger partial charge in [-0.15, -0.1) is 0 Å². The van der Waals surface area contributed by atoms with Crippen molar-refractivity contribution in [2.45, 2.75) is 13.8 Å². The lowest BCUT2D eigenvalue weighted by Gasteiger charge is -2.26. The number of benzene rings is 9. The van der Waals surface area contributed by atoms with Crippen molar-refractivity contribution in [3.8, 4) is 50.2 Å². The summed E-state index contributed by atoms with van der Waals surface area (Å²) in [6, 6.07) is 78.9. The van der Waals surface area contributed by atoms with Crippen LogP contribution in [0.5, 0.6) is 0 Å². The van der Waals surface area contributed by atoms with Crippen LogP contribution in [0.3, 0.4) is 0 Å². The van der Waals surface area contributed by atoms with Gasteiger partial charge in [-0.05, 0) is 106 Å². The van der Waals surface area contributed by atoms with Crippen molar-refractivity contribution in [3.05, 3.63) is 229 Å². The second-order valence-electron chi connectivity index (χ2n) is 17.5. The predicted octanol–water partition coefficient (Wildman–Crippen LogP) is 15.3. The number of aromatic nitrogens is 1. The smallest absolute Gasteiger partial charge is 0.143 e. The molecule has 2 heterocycles. The Bertz CT molecular complexity index is 3580. The molecule has 0 radical (unpaired) electrons. The molecule has 0 saturated heterocycles. The van der Waals surface area contributed by atoms with Crippen molar-refractivity contribution in [3.63, 3.8) is 0 Å². The number of furan rings is 1. The predicted molar refractivity (Wildman–Crippen MR) is 269 cm³/mol. The molecule has 0 amide bonds. The molecule has 3 heteroatoms. The summed E-state index contributed by atoms with van der Waals surface area (Å²) in [6.07, 6.45) is 4.54. The molecule has 0 atom stereocenters. The van der Waals surface area contributed by atoms with Gasteiger partial charge < -0.3 is 13.9 Å². The summed E-state index contributed by atoms with van der Waals surface area (Å²) < 4.78 is 8.90. The molecule has 0 fully saturated rings. The second-order valence-corrected chi connectivity index (χ2v) is 17.5. The van der Waals surface area contributed by atoms with Gasteiger partial charge in [-0.3, -0.25) is 0 Å². The van der Waals surface area contributed by atoms with Gasteiger partial charge in [-0.1, -0.05) is 178 Å². The molecule has 0 unspecified atom stereocenters. The standard InChI is InChI=1S/C61H44N2O/c1-61(2)39-56-55-16-10-15-52(60(55)64-59(56)40-61)47-29-37-50(38-30-47)62(48-31-23-44(24-32-48)43-21-19-42(20-22-43)41-11-4-3-5-12-41)49-33-25-45(26-34-49)46-27-35-51(36-28-46)63-57-17-8-6-13-53(57)54-14-7-9-18-58(54)63/h3-40H,1-2H3. The molecule has 2 aromatic heterocycles. The first-order valence-corrected chi connectivity index (χ1v) is 22.1. The third-order valence-electron chi connectivity index (χ3n) is 12.9. The van der Waals surface area contributed by atoms with E-state index in [1.54, 1.807) is 0 Å². The minimum Gasteiger partial charge on any atom is -0.456 e. The Morgan fingerprint density at radius 2 is 0.797 bits per heavy atom. The Hall–Kier alpha value is -8.14. The third kappa shape index (κ3) is 6.53. The lowest BCUT2D eigenvalue weighted by Crippen LogP contribution is -2.15. The molecule has 0 bridgehead atoms. The maximum Gasteiger partial charge on any atom is 0.143 e. The summed E-state index contributed by atoms with van der Waals surface area (Å²) in [4.78, 5) is 2.34. The van der Waals surface area contributed by atoms with Gasteiger partial charge in [0.1, 0.15) is 11.0 Å². The Morgan fingerprint density at radius 1 is 0.375 bits per heavy atom. The van der Waals surface area contributed by atoms with Crippen LogP contribution in [0.2, 0.25) is 0 Å². The van der Waals surface area contributed by atoms with E-state index >= 15 is 0 Å². The summed E-state index contributed by atoms with van der Waals surface area (Å²) in [5.41, 5.74) is 18.1. The SMILES string of the molecule is CC1(C)C=c2oc3c(-c4ccc(N(c5ccc(-c6ccc(-c7ccccc7)cc6)cc5)c5ccc(-c6ccc(-n7c8ccccc8c8ccccc87)cc6)cc5)cc4)cccc3c2=C1. The fourth-order valence-electron chi connectivity index (χ4n) is 9.72. The van der Waals surface area contributed by atoms with Gasteiger partial charge in [0.2, 0.25) is 0 Å². The number of hydrogen-bond acceptors (Lipinski definition) is 2. The highest BCUT2D eigenvalue weighted by Crippen LogP contribution is 2.39. The van der Waals surface area contributed by atoms with Crippen molar-refractivity contribution in [1.82, 2.24) is 4.57 Å². The number of hydrogen-bond donors (Lipinski definition) is 0. The van der Waals surface area contributed by atoms with Crippen molar-refractivity contribution < 1.29 is 4.42 Å². The van der Waals surface area contributed by atoms with Crippen LogP contribution >= 0.6 is 0 Å². The van der Waals surface area contributed by atoms with E-state index in [2.05, 4.69) is 254 Å². The van der Waals surface area contributed by atoms with Crippen LogP contribution in [-0.2, 0) is 0 Å². The molecule has 0 saturated carbocycles. The van der Waals surface area contributed by atoms with E-state index in [1.807, 2.05) is 0 Å². The monoisotopic (exact) mass is 820 g/mol. The molecular formula is C61H44N2O. The fraction of sp³-hybridized carbons (Fsp3) is 0.0492. The first-order chi connectivity index (χ1) is 31.4. The highest BCUT2D eigenvalue weighted by Gasteiger charge is 2.21. The molecule has 0 spiro atoms. The molecule has 0 N–H and O–H groups in total. The van der Waals surface area contributed by atoms with Crippen molar-refractivity contribution in [2.24, 2.45) is 5.41 Å². The Kier molecular flexibility index (Phi) is 8.84. The van der Waals surface area contributed by atoms with Crippen LogP contribution in [0.15, 0.2) is 223 Å². The van der Waals surface area contributed by atoms with E-state index in [0.717, 1.165) is 50.3 Å². The number of anilines is 3. The number of para-hydroxylation sites is 3. The fourth-order valence-corrected chi connectivity index (χ4v) is 9.72. The van der Waals surface area contributed by atoms with E-state index in [1.165, 1.54) is 60.4 Å². The van der Waals surface area contributed by atoms with E-state index < -0.39 is 0 Å². The van der Waals surface area contributed by atoms with E-state index in [9.17, 15) is 0 Å². The van der Waals surface area contributed by atoms with Gasteiger partial charge in [0.15, 0.2) is 0 Å². The number of rotatable bonds is 8. The van der Waals surface area contributed by atoms with Gasteiger partial charge in [0.25, 0.3) is 0 Å². The van der Waals surface area contributed by atoms with Crippen LogP contribution in [0.25, 0.3) is 95.1 Å². The molecule has 304 valence electrons. The topological polar surface area (TPSA) is 21.3 Å². The van der Waals surface area contributed by atoms with Crippen molar-refractivity contribution >= 4 is 62.0 Å². The summed E-state index contributed by atoms with van der Waals surface area (Å²) in [5, 5.41) is 4.89. The van der Waals surface area contributed by atoms with Gasteiger partial charge >= 0.3 is 0 Å². The minimum absolute atomic E-state index is 0.00804. The lowest BCUT2D eigenvalue weighted by molar-refractivity contribution is 0.571. The first-order valence-electron chi connectivity index (χ1n) is 22.1. The number of nitrogens with zero attached hydrogens (tertiary/aromatic N) is 2.